The van der Waals surface area contributed by atoms with Crippen LogP contribution in [0.4, 0.5) is 0 Å². The molecule has 0 atom stereocenters. The molecule has 1 spiro atoms. The topological polar surface area (TPSA) is 17.0 Å². The molecule has 3 heteroatoms. The highest BCUT2D eigenvalue weighted by Gasteiger charge is 2.40. The van der Waals surface area contributed by atoms with Gasteiger partial charge in [-0.25, -0.2) is 0 Å². The van der Waals surface area contributed by atoms with E-state index in [9.17, 15) is 0 Å². The van der Waals surface area contributed by atoms with Gasteiger partial charge in [-0.3, -0.25) is 0 Å². The number of fused-ring (bicyclic) bond motifs is 6. The molecule has 2 aliphatic carbocycles. The molecule has 0 radical (unpaired) electrons. The van der Waals surface area contributed by atoms with Gasteiger partial charge in [0.1, 0.15) is 5.00 Å². The summed E-state index contributed by atoms with van der Waals surface area (Å²) in [6, 6.07) is 4.63. The zero-order valence-corrected chi connectivity index (χ0v) is 14.8. The van der Waals surface area contributed by atoms with Crippen molar-refractivity contribution in [3.8, 4) is 5.00 Å². The Hall–Kier alpha value is -1.06. The first-order valence-corrected chi connectivity index (χ1v) is 10.2. The van der Waals surface area contributed by atoms with Gasteiger partial charge in [-0.2, -0.15) is 0 Å². The standard InChI is InChI=1S/C20H26N2S/c1-14-8-10-20(11-9-14)18-7-4-12-22(18)19-16(13-21-20)15-5-2-3-6-17(15)23-19/h4,7,12,14,21H,2-3,5-6,8-11,13H2,1H3. The van der Waals surface area contributed by atoms with E-state index < -0.39 is 0 Å². The van der Waals surface area contributed by atoms with E-state index in [1.165, 1.54) is 62.1 Å². The molecule has 5 rings (SSSR count). The first-order chi connectivity index (χ1) is 11.3. The van der Waals surface area contributed by atoms with E-state index in [1.54, 1.807) is 16.0 Å². The van der Waals surface area contributed by atoms with Gasteiger partial charge in [-0.05, 0) is 75.0 Å². The number of nitrogens with one attached hydrogen (secondary N) is 1. The average molecular weight is 327 g/mol. The van der Waals surface area contributed by atoms with Crippen molar-refractivity contribution in [1.82, 2.24) is 9.88 Å². The van der Waals surface area contributed by atoms with E-state index in [0.717, 1.165) is 12.5 Å². The fourth-order valence-electron chi connectivity index (χ4n) is 4.98. The van der Waals surface area contributed by atoms with Crippen LogP contribution in [0.1, 0.15) is 67.1 Å². The van der Waals surface area contributed by atoms with E-state index in [-0.39, 0.29) is 5.54 Å². The number of rotatable bonds is 0. The summed E-state index contributed by atoms with van der Waals surface area (Å²) in [6.07, 6.45) is 12.9. The Bertz CT molecular complexity index is 731. The molecule has 2 aromatic heterocycles. The van der Waals surface area contributed by atoms with Crippen LogP contribution in [0, 0.1) is 5.92 Å². The maximum Gasteiger partial charge on any atom is 0.104 e. The van der Waals surface area contributed by atoms with Gasteiger partial charge in [0.25, 0.3) is 0 Å². The summed E-state index contributed by atoms with van der Waals surface area (Å²) in [7, 11) is 0. The highest BCUT2D eigenvalue weighted by molar-refractivity contribution is 7.15. The molecule has 3 aliphatic rings. The highest BCUT2D eigenvalue weighted by Crippen LogP contribution is 2.45. The number of aryl methyl sites for hydroxylation is 1. The Balaban J connectivity index is 1.64. The predicted molar refractivity (Wildman–Crippen MR) is 96.4 cm³/mol. The second-order valence-electron chi connectivity index (χ2n) is 7.88. The summed E-state index contributed by atoms with van der Waals surface area (Å²) < 4.78 is 2.54. The SMILES string of the molecule is CC1CCC2(CC1)NCc1c(sc3c1CCCC3)-n1cccc12. The molecule has 0 saturated heterocycles. The smallest absolute Gasteiger partial charge is 0.104 e. The minimum Gasteiger partial charge on any atom is -0.310 e. The Morgan fingerprint density at radius 3 is 2.87 bits per heavy atom. The lowest BCUT2D eigenvalue weighted by molar-refractivity contribution is 0.190. The van der Waals surface area contributed by atoms with Crippen LogP contribution in [0.5, 0.6) is 0 Å². The van der Waals surface area contributed by atoms with Crippen LogP contribution < -0.4 is 5.32 Å². The highest BCUT2D eigenvalue weighted by atomic mass is 32.1. The Labute approximate surface area is 142 Å². The summed E-state index contributed by atoms with van der Waals surface area (Å²) in [5.41, 5.74) is 5.01. The molecular formula is C20H26N2S. The molecule has 2 aromatic rings. The third-order valence-electron chi connectivity index (χ3n) is 6.45. The van der Waals surface area contributed by atoms with Crippen LogP contribution in [-0.4, -0.2) is 4.57 Å². The van der Waals surface area contributed by atoms with Gasteiger partial charge in [0.2, 0.25) is 0 Å². The minimum absolute atomic E-state index is 0.205. The van der Waals surface area contributed by atoms with E-state index in [0.29, 0.717) is 0 Å². The minimum atomic E-state index is 0.205. The van der Waals surface area contributed by atoms with Crippen molar-refractivity contribution in [3.63, 3.8) is 0 Å². The molecule has 1 N–H and O–H groups in total. The maximum absolute atomic E-state index is 4.04. The van der Waals surface area contributed by atoms with Gasteiger partial charge in [-0.15, -0.1) is 11.3 Å². The normalized spacial score (nSPS) is 29.7. The molecule has 1 saturated carbocycles. The number of aromatic nitrogens is 1. The largest absolute Gasteiger partial charge is 0.310 e. The van der Waals surface area contributed by atoms with Gasteiger partial charge in [-0.1, -0.05) is 6.92 Å². The lowest BCUT2D eigenvalue weighted by Gasteiger charge is -2.40. The molecule has 0 amide bonds. The zero-order valence-electron chi connectivity index (χ0n) is 14.0. The van der Waals surface area contributed by atoms with Gasteiger partial charge in [0.05, 0.1) is 5.54 Å². The number of thiophene rings is 1. The second kappa shape index (κ2) is 5.22. The first-order valence-electron chi connectivity index (χ1n) is 9.33. The third-order valence-corrected chi connectivity index (χ3v) is 7.78. The van der Waals surface area contributed by atoms with E-state index in [2.05, 4.69) is 46.5 Å². The Kier molecular flexibility index (Phi) is 3.24. The molecule has 23 heavy (non-hydrogen) atoms. The van der Waals surface area contributed by atoms with Crippen LogP contribution in [0.3, 0.4) is 0 Å². The van der Waals surface area contributed by atoms with Crippen molar-refractivity contribution < 1.29 is 0 Å². The van der Waals surface area contributed by atoms with E-state index in [4.69, 9.17) is 0 Å². The lowest BCUT2D eigenvalue weighted by atomic mass is 9.75. The zero-order chi connectivity index (χ0) is 15.4. The quantitative estimate of drug-likeness (QED) is 0.726. The van der Waals surface area contributed by atoms with Crippen LogP contribution in [0.15, 0.2) is 18.3 Å². The molecule has 2 nitrogen and oxygen atoms in total. The summed E-state index contributed by atoms with van der Waals surface area (Å²) in [5.74, 6) is 0.885. The van der Waals surface area contributed by atoms with Crippen LogP contribution in [-0.2, 0) is 24.9 Å². The Morgan fingerprint density at radius 2 is 2.00 bits per heavy atom. The van der Waals surface area contributed by atoms with E-state index in [1.807, 2.05) is 0 Å². The van der Waals surface area contributed by atoms with Gasteiger partial charge in [0, 0.05) is 28.9 Å². The van der Waals surface area contributed by atoms with Crippen molar-refractivity contribution in [2.75, 3.05) is 0 Å². The van der Waals surface area contributed by atoms with Crippen molar-refractivity contribution in [2.45, 2.75) is 70.4 Å². The summed E-state index contributed by atoms with van der Waals surface area (Å²) in [5, 5.41) is 5.55. The second-order valence-corrected chi connectivity index (χ2v) is 8.96. The number of nitrogens with zero attached hydrogens (tertiary/aromatic N) is 1. The van der Waals surface area contributed by atoms with Crippen LogP contribution in [0.2, 0.25) is 0 Å². The summed E-state index contributed by atoms with van der Waals surface area (Å²) in [6.45, 7) is 3.48. The summed E-state index contributed by atoms with van der Waals surface area (Å²) >= 11 is 2.07. The van der Waals surface area contributed by atoms with Crippen LogP contribution in [0.25, 0.3) is 5.00 Å². The summed E-state index contributed by atoms with van der Waals surface area (Å²) in [4.78, 5) is 1.66. The molecule has 1 aliphatic heterocycles. The molecule has 0 unspecified atom stereocenters. The Morgan fingerprint density at radius 1 is 1.17 bits per heavy atom. The first kappa shape index (κ1) is 14.3. The van der Waals surface area contributed by atoms with E-state index >= 15 is 0 Å². The average Bonchev–Trinajstić information content (AvgIpc) is 3.17. The van der Waals surface area contributed by atoms with Gasteiger partial charge >= 0.3 is 0 Å². The molecule has 1 fully saturated rings. The van der Waals surface area contributed by atoms with Crippen molar-refractivity contribution >= 4 is 11.3 Å². The van der Waals surface area contributed by atoms with Gasteiger partial charge < -0.3 is 9.88 Å². The molecule has 3 heterocycles. The third kappa shape index (κ3) is 2.09. The maximum atomic E-state index is 4.04. The fraction of sp³-hybridized carbons (Fsp3) is 0.600. The predicted octanol–water partition coefficient (Wildman–Crippen LogP) is 4.93. The van der Waals surface area contributed by atoms with Crippen molar-refractivity contribution in [3.05, 3.63) is 40.0 Å². The van der Waals surface area contributed by atoms with Gasteiger partial charge in [0.15, 0.2) is 0 Å². The molecular weight excluding hydrogens is 300 g/mol. The lowest BCUT2D eigenvalue weighted by Crippen LogP contribution is -2.44. The number of hydrogen-bond acceptors (Lipinski definition) is 2. The number of hydrogen-bond donors (Lipinski definition) is 1. The molecule has 122 valence electrons. The molecule has 0 bridgehead atoms. The molecule has 0 aromatic carbocycles. The van der Waals surface area contributed by atoms with Crippen LogP contribution >= 0.6 is 11.3 Å². The van der Waals surface area contributed by atoms with Crippen molar-refractivity contribution in [1.29, 1.82) is 0 Å². The monoisotopic (exact) mass is 326 g/mol. The fourth-order valence-corrected chi connectivity index (χ4v) is 6.38. The van der Waals surface area contributed by atoms with Crippen molar-refractivity contribution in [2.24, 2.45) is 5.92 Å².